The zero-order valence-electron chi connectivity index (χ0n) is 15.0. The van der Waals surface area contributed by atoms with E-state index in [2.05, 4.69) is 20.5 Å². The summed E-state index contributed by atoms with van der Waals surface area (Å²) in [6.07, 6.45) is -0.767. The van der Waals surface area contributed by atoms with E-state index >= 15 is 0 Å². The van der Waals surface area contributed by atoms with Crippen molar-refractivity contribution in [2.45, 2.75) is 46.8 Å². The van der Waals surface area contributed by atoms with E-state index < -0.39 is 12.1 Å². The summed E-state index contributed by atoms with van der Waals surface area (Å²) >= 11 is 0. The number of aryl methyl sites for hydroxylation is 3. The van der Waals surface area contributed by atoms with Gasteiger partial charge in [0.2, 0.25) is 0 Å². The minimum atomic E-state index is -0.767. The van der Waals surface area contributed by atoms with Crippen LogP contribution in [0.3, 0.4) is 0 Å². The number of furan rings is 1. The van der Waals surface area contributed by atoms with Gasteiger partial charge in [-0.25, -0.2) is 4.98 Å². The number of aliphatic hydroxyl groups is 1. The van der Waals surface area contributed by atoms with Crippen LogP contribution in [0.5, 0.6) is 0 Å². The van der Waals surface area contributed by atoms with Crippen molar-refractivity contribution in [1.82, 2.24) is 20.5 Å². The van der Waals surface area contributed by atoms with Crippen LogP contribution < -0.4 is 5.32 Å². The maximum atomic E-state index is 12.7. The number of H-pyrrole nitrogens is 1. The van der Waals surface area contributed by atoms with Gasteiger partial charge >= 0.3 is 0 Å². The number of rotatable bonds is 4. The molecule has 132 valence electrons. The van der Waals surface area contributed by atoms with Crippen molar-refractivity contribution in [3.05, 3.63) is 46.2 Å². The lowest BCUT2D eigenvalue weighted by atomic mass is 10.0. The maximum Gasteiger partial charge on any atom is 0.287 e. The van der Waals surface area contributed by atoms with Crippen LogP contribution in [0.25, 0.3) is 11.0 Å². The highest BCUT2D eigenvalue weighted by Gasteiger charge is 2.23. The molecular formula is C18H22N4O3. The minimum Gasteiger partial charge on any atom is -0.450 e. The lowest BCUT2D eigenvalue weighted by Gasteiger charge is -2.10. The molecule has 2 heterocycles. The number of hydrogen-bond acceptors (Lipinski definition) is 5. The van der Waals surface area contributed by atoms with E-state index in [9.17, 15) is 9.90 Å². The summed E-state index contributed by atoms with van der Waals surface area (Å²) in [4.78, 5) is 16.9. The molecule has 25 heavy (non-hydrogen) atoms. The predicted octanol–water partition coefficient (Wildman–Crippen LogP) is 3.02. The molecule has 2 aromatic heterocycles. The molecule has 2 unspecified atom stereocenters. The summed E-state index contributed by atoms with van der Waals surface area (Å²) < 4.78 is 5.85. The van der Waals surface area contributed by atoms with Crippen molar-refractivity contribution >= 4 is 16.9 Å². The number of nitrogens with zero attached hydrogens (tertiary/aromatic N) is 2. The molecule has 0 bridgehead atoms. The Morgan fingerprint density at radius 2 is 1.92 bits per heavy atom. The topological polar surface area (TPSA) is 104 Å². The van der Waals surface area contributed by atoms with Gasteiger partial charge in [-0.05, 0) is 45.7 Å². The van der Waals surface area contributed by atoms with Crippen molar-refractivity contribution in [1.29, 1.82) is 0 Å². The van der Waals surface area contributed by atoms with Crippen LogP contribution in [0.1, 0.15) is 64.9 Å². The molecule has 3 aromatic rings. The molecule has 1 amide bonds. The average molecular weight is 342 g/mol. The summed E-state index contributed by atoms with van der Waals surface area (Å²) in [6, 6.07) is 3.61. The van der Waals surface area contributed by atoms with Gasteiger partial charge in [0.25, 0.3) is 5.91 Å². The van der Waals surface area contributed by atoms with E-state index in [1.165, 1.54) is 0 Å². The Labute approximate surface area is 145 Å². The van der Waals surface area contributed by atoms with Crippen molar-refractivity contribution in [2.24, 2.45) is 0 Å². The van der Waals surface area contributed by atoms with Crippen LogP contribution in [0.2, 0.25) is 0 Å². The van der Waals surface area contributed by atoms with Crippen LogP contribution in [0, 0.1) is 20.8 Å². The van der Waals surface area contributed by atoms with E-state index in [4.69, 9.17) is 4.42 Å². The fraction of sp³-hybridized carbons (Fsp3) is 0.389. The summed E-state index contributed by atoms with van der Waals surface area (Å²) in [7, 11) is 0. The lowest BCUT2D eigenvalue weighted by molar-refractivity contribution is 0.0911. The van der Waals surface area contributed by atoms with Gasteiger partial charge in [-0.3, -0.25) is 9.89 Å². The number of aliphatic hydroxyl groups excluding tert-OH is 1. The van der Waals surface area contributed by atoms with Gasteiger partial charge in [0, 0.05) is 10.9 Å². The first kappa shape index (κ1) is 17.2. The Morgan fingerprint density at radius 1 is 1.24 bits per heavy atom. The molecule has 3 N–H and O–H groups in total. The summed E-state index contributed by atoms with van der Waals surface area (Å²) in [5, 5.41) is 20.0. The molecule has 0 saturated heterocycles. The van der Waals surface area contributed by atoms with Crippen molar-refractivity contribution < 1.29 is 14.3 Å². The second-order valence-electron chi connectivity index (χ2n) is 6.41. The molecule has 1 aromatic carbocycles. The molecule has 0 fully saturated rings. The smallest absolute Gasteiger partial charge is 0.287 e. The molecular weight excluding hydrogens is 320 g/mol. The zero-order valence-corrected chi connectivity index (χ0v) is 15.0. The van der Waals surface area contributed by atoms with Crippen molar-refractivity contribution in [2.75, 3.05) is 0 Å². The quantitative estimate of drug-likeness (QED) is 0.676. The van der Waals surface area contributed by atoms with Crippen molar-refractivity contribution in [3.63, 3.8) is 0 Å². The largest absolute Gasteiger partial charge is 0.450 e. The van der Waals surface area contributed by atoms with Crippen molar-refractivity contribution in [3.8, 4) is 0 Å². The molecule has 0 radical (unpaired) electrons. The summed E-state index contributed by atoms with van der Waals surface area (Å²) in [5.74, 6) is 0.761. The lowest BCUT2D eigenvalue weighted by Crippen LogP contribution is -2.27. The summed E-state index contributed by atoms with van der Waals surface area (Å²) in [6.45, 7) is 9.22. The van der Waals surface area contributed by atoms with Gasteiger partial charge < -0.3 is 14.8 Å². The Morgan fingerprint density at radius 3 is 2.52 bits per heavy atom. The van der Waals surface area contributed by atoms with E-state index in [0.29, 0.717) is 17.4 Å². The maximum absolute atomic E-state index is 12.7. The second-order valence-corrected chi connectivity index (χ2v) is 6.41. The molecule has 0 aliphatic heterocycles. The normalized spacial score (nSPS) is 13.8. The first-order valence-electron chi connectivity index (χ1n) is 8.20. The Bertz CT molecular complexity index is 939. The van der Waals surface area contributed by atoms with Gasteiger partial charge in [0.1, 0.15) is 17.5 Å². The number of benzene rings is 1. The molecule has 7 heteroatoms. The standard InChI is InChI=1S/C18H22N4O3/c1-8-6-7-9(2)14-13(8)10(3)15(25-14)18(24)19-11(4)16-20-17(12(5)23)22-21-16/h6-7,11-12,23H,1-5H3,(H,19,24)(H,20,21,22). The van der Waals surface area contributed by atoms with Crippen LogP contribution in [-0.2, 0) is 0 Å². The van der Waals surface area contributed by atoms with Gasteiger partial charge in [-0.2, -0.15) is 5.10 Å². The third-order valence-corrected chi connectivity index (χ3v) is 4.34. The number of carbonyl (C=O) groups is 1. The van der Waals surface area contributed by atoms with Crippen LogP contribution in [-0.4, -0.2) is 26.2 Å². The first-order valence-corrected chi connectivity index (χ1v) is 8.20. The minimum absolute atomic E-state index is 0.294. The van der Waals surface area contributed by atoms with E-state index in [1.54, 1.807) is 13.8 Å². The zero-order chi connectivity index (χ0) is 18.3. The molecule has 3 rings (SSSR count). The number of hydrogen-bond donors (Lipinski definition) is 3. The van der Waals surface area contributed by atoms with Crippen LogP contribution in [0.4, 0.5) is 0 Å². The highest BCUT2D eigenvalue weighted by atomic mass is 16.3. The third-order valence-electron chi connectivity index (χ3n) is 4.34. The first-order chi connectivity index (χ1) is 11.8. The van der Waals surface area contributed by atoms with Gasteiger partial charge in [0.15, 0.2) is 11.6 Å². The second kappa shape index (κ2) is 6.33. The fourth-order valence-electron chi connectivity index (χ4n) is 2.89. The van der Waals surface area contributed by atoms with Gasteiger partial charge in [0.05, 0.1) is 6.04 Å². The molecule has 7 nitrogen and oxygen atoms in total. The molecule has 0 aliphatic rings. The highest BCUT2D eigenvalue weighted by Crippen LogP contribution is 2.30. The number of nitrogens with one attached hydrogen (secondary N) is 2. The molecule has 0 spiro atoms. The summed E-state index contributed by atoms with van der Waals surface area (Å²) in [5.41, 5.74) is 3.63. The Kier molecular flexibility index (Phi) is 4.34. The number of carbonyl (C=O) groups excluding carboxylic acids is 1. The third kappa shape index (κ3) is 3.02. The monoisotopic (exact) mass is 342 g/mol. The highest BCUT2D eigenvalue weighted by molar-refractivity contribution is 6.00. The molecule has 0 aliphatic carbocycles. The van der Waals surface area contributed by atoms with Gasteiger partial charge in [-0.1, -0.05) is 12.1 Å². The number of aromatic amines is 1. The SMILES string of the molecule is Cc1ccc(C)c2c(C)c(C(=O)NC(C)c3nc(C(C)O)n[nH]3)oc12. The predicted molar refractivity (Wildman–Crippen MR) is 93.3 cm³/mol. The number of amides is 1. The van der Waals surface area contributed by atoms with Crippen LogP contribution >= 0.6 is 0 Å². The van der Waals surface area contributed by atoms with E-state index in [0.717, 1.165) is 27.7 Å². The van der Waals surface area contributed by atoms with Crippen LogP contribution in [0.15, 0.2) is 16.5 Å². The Balaban J connectivity index is 1.88. The van der Waals surface area contributed by atoms with E-state index in [1.807, 2.05) is 32.9 Å². The molecule has 2 atom stereocenters. The number of fused-ring (bicyclic) bond motifs is 1. The van der Waals surface area contributed by atoms with Gasteiger partial charge in [-0.15, -0.1) is 0 Å². The van der Waals surface area contributed by atoms with E-state index in [-0.39, 0.29) is 5.91 Å². The Hall–Kier alpha value is -2.67. The number of aromatic nitrogens is 3. The fourth-order valence-corrected chi connectivity index (χ4v) is 2.89. The average Bonchev–Trinajstić information content (AvgIpc) is 3.17. The molecule has 0 saturated carbocycles.